The summed E-state index contributed by atoms with van der Waals surface area (Å²) in [6.07, 6.45) is 6.32. The van der Waals surface area contributed by atoms with Crippen LogP contribution in [0.5, 0.6) is 0 Å². The maximum Gasteiger partial charge on any atom is 0.152 e. The topological polar surface area (TPSA) is 17.1 Å². The summed E-state index contributed by atoms with van der Waals surface area (Å²) in [6.45, 7) is 1.56. The molecule has 1 heteroatoms. The number of unbranched alkanes of at least 4 members (excludes halogenated alkanes) is 2. The molecule has 0 N–H and O–H groups in total. The lowest BCUT2D eigenvalue weighted by Crippen LogP contribution is -1.79. The molecule has 1 nitrogen and oxygen atoms in total. The van der Waals surface area contributed by atoms with Crippen molar-refractivity contribution in [2.75, 3.05) is 0 Å². The Bertz CT molecular complexity index is 404. The minimum Gasteiger partial charge on any atom is -0.295 e. The van der Waals surface area contributed by atoms with Gasteiger partial charge in [-0.05, 0) is 38.0 Å². The number of rotatable bonds is 4. The Morgan fingerprint density at radius 3 is 2.75 bits per heavy atom. The first-order valence-electron chi connectivity index (χ1n) is 5.50. The second-order valence-corrected chi connectivity index (χ2v) is 3.57. The minimum atomic E-state index is 0.107. The van der Waals surface area contributed by atoms with E-state index in [2.05, 4.69) is 11.8 Å². The molecule has 1 aromatic rings. The first kappa shape index (κ1) is 12.3. The number of allylic oxidation sites excluding steroid dienone is 2. The van der Waals surface area contributed by atoms with Crippen molar-refractivity contribution >= 4 is 5.78 Å². The molecule has 0 aliphatic carbocycles. The van der Waals surface area contributed by atoms with Gasteiger partial charge in [0.25, 0.3) is 0 Å². The molecule has 0 radical (unpaired) electrons. The van der Waals surface area contributed by atoms with E-state index in [1.807, 2.05) is 36.4 Å². The molecule has 0 heterocycles. The van der Waals surface area contributed by atoms with Crippen LogP contribution in [-0.2, 0) is 4.79 Å². The SMILES string of the molecule is CC(=O)/C=C/CCCC#Cc1ccccc1. The average Bonchev–Trinajstić information content (AvgIpc) is 2.29. The maximum atomic E-state index is 10.6. The van der Waals surface area contributed by atoms with Gasteiger partial charge in [-0.25, -0.2) is 0 Å². The Hall–Kier alpha value is -1.81. The molecule has 0 amide bonds. The summed E-state index contributed by atoms with van der Waals surface area (Å²) in [5.74, 6) is 6.33. The monoisotopic (exact) mass is 212 g/mol. The van der Waals surface area contributed by atoms with Crippen LogP contribution in [0.4, 0.5) is 0 Å². The Balaban J connectivity index is 2.21. The molecule has 1 rings (SSSR count). The third-order valence-electron chi connectivity index (χ3n) is 2.03. The Kier molecular flexibility index (Phi) is 5.73. The molecule has 0 aliphatic rings. The van der Waals surface area contributed by atoms with Gasteiger partial charge < -0.3 is 0 Å². The van der Waals surface area contributed by atoms with Gasteiger partial charge >= 0.3 is 0 Å². The predicted octanol–water partition coefficient (Wildman–Crippen LogP) is 3.35. The molecule has 82 valence electrons. The van der Waals surface area contributed by atoms with Gasteiger partial charge in [-0.3, -0.25) is 4.79 Å². The van der Waals surface area contributed by atoms with Gasteiger partial charge in [0.05, 0.1) is 0 Å². The molecular weight excluding hydrogens is 196 g/mol. The zero-order valence-corrected chi connectivity index (χ0v) is 9.57. The molecule has 0 spiro atoms. The summed E-state index contributed by atoms with van der Waals surface area (Å²) in [4.78, 5) is 10.6. The second-order valence-electron chi connectivity index (χ2n) is 3.57. The van der Waals surface area contributed by atoms with Crippen LogP contribution in [-0.4, -0.2) is 5.78 Å². The van der Waals surface area contributed by atoms with Crippen LogP contribution in [0, 0.1) is 11.8 Å². The molecule has 0 unspecified atom stereocenters. The summed E-state index contributed by atoms with van der Waals surface area (Å²) in [5.41, 5.74) is 1.06. The first-order valence-corrected chi connectivity index (χ1v) is 5.50. The van der Waals surface area contributed by atoms with Crippen molar-refractivity contribution in [1.82, 2.24) is 0 Å². The van der Waals surface area contributed by atoms with Crippen molar-refractivity contribution in [2.24, 2.45) is 0 Å². The number of carbonyl (C=O) groups excluding carboxylic acids is 1. The standard InChI is InChI=1S/C15H16O/c1-14(16)10-6-3-2-4-7-11-15-12-8-5-9-13-15/h5-6,8-10,12-13H,2-4H2,1H3/b10-6+. The quantitative estimate of drug-likeness (QED) is 0.425. The summed E-state index contributed by atoms with van der Waals surface area (Å²) < 4.78 is 0. The van der Waals surface area contributed by atoms with E-state index in [4.69, 9.17) is 0 Å². The van der Waals surface area contributed by atoms with Gasteiger partial charge in [-0.15, -0.1) is 0 Å². The summed E-state index contributed by atoms with van der Waals surface area (Å²) in [5, 5.41) is 0. The van der Waals surface area contributed by atoms with Gasteiger partial charge in [-0.2, -0.15) is 0 Å². The van der Waals surface area contributed by atoms with Crippen LogP contribution in [0.1, 0.15) is 31.7 Å². The Morgan fingerprint density at radius 2 is 2.06 bits per heavy atom. The molecule has 0 aliphatic heterocycles. The zero-order valence-electron chi connectivity index (χ0n) is 9.57. The third-order valence-corrected chi connectivity index (χ3v) is 2.03. The van der Waals surface area contributed by atoms with E-state index in [-0.39, 0.29) is 5.78 Å². The minimum absolute atomic E-state index is 0.107. The van der Waals surface area contributed by atoms with E-state index in [0.29, 0.717) is 0 Å². The molecule has 0 atom stereocenters. The van der Waals surface area contributed by atoms with E-state index >= 15 is 0 Å². The number of benzene rings is 1. The van der Waals surface area contributed by atoms with Crippen LogP contribution in [0.3, 0.4) is 0 Å². The molecule has 16 heavy (non-hydrogen) atoms. The van der Waals surface area contributed by atoms with Crippen molar-refractivity contribution in [3.8, 4) is 11.8 Å². The van der Waals surface area contributed by atoms with Crippen molar-refractivity contribution in [1.29, 1.82) is 0 Å². The van der Waals surface area contributed by atoms with E-state index in [0.717, 1.165) is 24.8 Å². The van der Waals surface area contributed by atoms with Crippen LogP contribution in [0.2, 0.25) is 0 Å². The molecular formula is C15H16O. The van der Waals surface area contributed by atoms with E-state index in [1.165, 1.54) is 0 Å². The second kappa shape index (κ2) is 7.48. The van der Waals surface area contributed by atoms with Crippen LogP contribution in [0.25, 0.3) is 0 Å². The van der Waals surface area contributed by atoms with Gasteiger partial charge in [0.1, 0.15) is 0 Å². The lowest BCUT2D eigenvalue weighted by Gasteiger charge is -1.88. The molecule has 0 bridgehead atoms. The number of hydrogen-bond acceptors (Lipinski definition) is 1. The lowest BCUT2D eigenvalue weighted by molar-refractivity contribution is -0.112. The molecule has 1 aromatic carbocycles. The van der Waals surface area contributed by atoms with Crippen LogP contribution in [0.15, 0.2) is 42.5 Å². The fraction of sp³-hybridized carbons (Fsp3) is 0.267. The van der Waals surface area contributed by atoms with Crippen LogP contribution < -0.4 is 0 Å². The Morgan fingerprint density at radius 1 is 1.31 bits per heavy atom. The Labute approximate surface area is 97.2 Å². The molecule has 0 aromatic heterocycles. The van der Waals surface area contributed by atoms with E-state index in [9.17, 15) is 4.79 Å². The van der Waals surface area contributed by atoms with Crippen molar-refractivity contribution in [2.45, 2.75) is 26.2 Å². The van der Waals surface area contributed by atoms with Crippen molar-refractivity contribution in [3.63, 3.8) is 0 Å². The summed E-state index contributed by atoms with van der Waals surface area (Å²) in [7, 11) is 0. The largest absolute Gasteiger partial charge is 0.295 e. The normalized spacial score (nSPS) is 9.81. The predicted molar refractivity (Wildman–Crippen MR) is 67.0 cm³/mol. The highest BCUT2D eigenvalue weighted by Crippen LogP contribution is 1.98. The van der Waals surface area contributed by atoms with E-state index in [1.54, 1.807) is 13.0 Å². The van der Waals surface area contributed by atoms with Crippen LogP contribution >= 0.6 is 0 Å². The third kappa shape index (κ3) is 5.82. The number of carbonyl (C=O) groups is 1. The highest BCUT2D eigenvalue weighted by Gasteiger charge is 1.84. The number of ketones is 1. The highest BCUT2D eigenvalue weighted by atomic mass is 16.1. The fourth-order valence-corrected chi connectivity index (χ4v) is 1.24. The molecule has 0 saturated heterocycles. The molecule has 0 saturated carbocycles. The number of hydrogen-bond donors (Lipinski definition) is 0. The summed E-state index contributed by atoms with van der Waals surface area (Å²) in [6, 6.07) is 9.96. The van der Waals surface area contributed by atoms with Gasteiger partial charge in [-0.1, -0.05) is 36.1 Å². The highest BCUT2D eigenvalue weighted by molar-refractivity contribution is 5.87. The van der Waals surface area contributed by atoms with Crippen molar-refractivity contribution in [3.05, 3.63) is 48.0 Å². The van der Waals surface area contributed by atoms with Gasteiger partial charge in [0.2, 0.25) is 0 Å². The first-order chi connectivity index (χ1) is 7.79. The fourth-order valence-electron chi connectivity index (χ4n) is 1.24. The lowest BCUT2D eigenvalue weighted by atomic mass is 10.2. The maximum absolute atomic E-state index is 10.6. The van der Waals surface area contributed by atoms with Gasteiger partial charge in [0, 0.05) is 12.0 Å². The molecule has 0 fully saturated rings. The average molecular weight is 212 g/mol. The van der Waals surface area contributed by atoms with Crippen molar-refractivity contribution < 1.29 is 4.79 Å². The van der Waals surface area contributed by atoms with E-state index < -0.39 is 0 Å². The zero-order chi connectivity index (χ0) is 11.6. The van der Waals surface area contributed by atoms with Gasteiger partial charge in [0.15, 0.2) is 5.78 Å². The summed E-state index contributed by atoms with van der Waals surface area (Å²) >= 11 is 0. The smallest absolute Gasteiger partial charge is 0.152 e.